The number of rotatable bonds is 7. The SMILES string of the molecule is CCOc1ccccc1Nc1ccnc(NCc2cccnc2)n1. The van der Waals surface area contributed by atoms with Gasteiger partial charge in [-0.05, 0) is 36.8 Å². The van der Waals surface area contributed by atoms with Gasteiger partial charge in [-0.1, -0.05) is 18.2 Å². The third kappa shape index (κ3) is 4.19. The average Bonchev–Trinajstić information content (AvgIpc) is 2.63. The van der Waals surface area contributed by atoms with E-state index in [2.05, 4.69) is 25.6 Å². The van der Waals surface area contributed by atoms with Gasteiger partial charge in [0.2, 0.25) is 5.95 Å². The second-order valence-electron chi connectivity index (χ2n) is 5.03. The van der Waals surface area contributed by atoms with Crippen molar-refractivity contribution in [3.05, 3.63) is 66.6 Å². The Morgan fingerprint density at radius 1 is 1.04 bits per heavy atom. The molecule has 6 nitrogen and oxygen atoms in total. The summed E-state index contributed by atoms with van der Waals surface area (Å²) in [4.78, 5) is 12.8. The van der Waals surface area contributed by atoms with E-state index in [9.17, 15) is 0 Å². The molecule has 0 atom stereocenters. The summed E-state index contributed by atoms with van der Waals surface area (Å²) in [6.45, 7) is 3.19. The van der Waals surface area contributed by atoms with Gasteiger partial charge in [0.15, 0.2) is 0 Å². The summed E-state index contributed by atoms with van der Waals surface area (Å²) in [6.07, 6.45) is 5.28. The molecule has 24 heavy (non-hydrogen) atoms. The minimum atomic E-state index is 0.553. The molecule has 3 rings (SSSR count). The number of benzene rings is 1. The minimum absolute atomic E-state index is 0.553. The van der Waals surface area contributed by atoms with Crippen molar-refractivity contribution in [1.29, 1.82) is 0 Å². The molecule has 0 spiro atoms. The van der Waals surface area contributed by atoms with Crippen molar-refractivity contribution in [1.82, 2.24) is 15.0 Å². The van der Waals surface area contributed by atoms with Crippen LogP contribution in [-0.4, -0.2) is 21.6 Å². The summed E-state index contributed by atoms with van der Waals surface area (Å²) in [5.41, 5.74) is 1.94. The van der Waals surface area contributed by atoms with E-state index in [4.69, 9.17) is 4.74 Å². The smallest absolute Gasteiger partial charge is 0.224 e. The molecule has 0 unspecified atom stereocenters. The first-order valence-corrected chi connectivity index (χ1v) is 7.80. The molecular formula is C18H19N5O. The molecule has 0 aliphatic carbocycles. The zero-order valence-corrected chi connectivity index (χ0v) is 13.4. The summed E-state index contributed by atoms with van der Waals surface area (Å²) < 4.78 is 5.62. The molecule has 0 aliphatic rings. The standard InChI is InChI=1S/C18H19N5O/c1-2-24-16-8-4-3-7-15(16)22-17-9-11-20-18(23-17)21-13-14-6-5-10-19-12-14/h3-12H,2,13H2,1H3,(H2,20,21,22,23). The normalized spacial score (nSPS) is 10.2. The van der Waals surface area contributed by atoms with Gasteiger partial charge in [0.1, 0.15) is 11.6 Å². The summed E-state index contributed by atoms with van der Waals surface area (Å²) in [6, 6.07) is 13.5. The molecule has 0 radical (unpaired) electrons. The van der Waals surface area contributed by atoms with E-state index >= 15 is 0 Å². The van der Waals surface area contributed by atoms with E-state index in [0.29, 0.717) is 24.9 Å². The largest absolute Gasteiger partial charge is 0.492 e. The highest BCUT2D eigenvalue weighted by Gasteiger charge is 2.05. The van der Waals surface area contributed by atoms with Gasteiger partial charge in [-0.3, -0.25) is 4.98 Å². The van der Waals surface area contributed by atoms with E-state index in [-0.39, 0.29) is 0 Å². The van der Waals surface area contributed by atoms with Crippen molar-refractivity contribution in [2.24, 2.45) is 0 Å². The Hall–Kier alpha value is -3.15. The summed E-state index contributed by atoms with van der Waals surface area (Å²) in [5, 5.41) is 6.46. The van der Waals surface area contributed by atoms with Crippen LogP contribution in [0.1, 0.15) is 12.5 Å². The van der Waals surface area contributed by atoms with Crippen LogP contribution in [0.25, 0.3) is 0 Å². The van der Waals surface area contributed by atoms with E-state index in [1.807, 2.05) is 55.6 Å². The number of pyridine rings is 1. The van der Waals surface area contributed by atoms with Crippen molar-refractivity contribution in [3.63, 3.8) is 0 Å². The number of para-hydroxylation sites is 2. The van der Waals surface area contributed by atoms with Gasteiger partial charge in [0.05, 0.1) is 12.3 Å². The molecule has 3 aromatic rings. The summed E-state index contributed by atoms with van der Waals surface area (Å²) in [5.74, 6) is 2.05. The Balaban J connectivity index is 1.69. The maximum atomic E-state index is 5.62. The van der Waals surface area contributed by atoms with Gasteiger partial charge in [-0.25, -0.2) is 4.98 Å². The predicted octanol–water partition coefficient (Wildman–Crippen LogP) is 3.63. The third-order valence-electron chi connectivity index (χ3n) is 3.28. The van der Waals surface area contributed by atoms with Crippen LogP contribution in [0.2, 0.25) is 0 Å². The fourth-order valence-corrected chi connectivity index (χ4v) is 2.19. The highest BCUT2D eigenvalue weighted by Crippen LogP contribution is 2.26. The van der Waals surface area contributed by atoms with Gasteiger partial charge in [-0.15, -0.1) is 0 Å². The van der Waals surface area contributed by atoms with E-state index in [1.165, 1.54) is 0 Å². The second-order valence-corrected chi connectivity index (χ2v) is 5.03. The quantitative estimate of drug-likeness (QED) is 0.692. The highest BCUT2D eigenvalue weighted by molar-refractivity contribution is 5.64. The Morgan fingerprint density at radius 2 is 1.96 bits per heavy atom. The molecule has 0 saturated heterocycles. The molecule has 2 aromatic heterocycles. The van der Waals surface area contributed by atoms with Crippen molar-refractivity contribution >= 4 is 17.5 Å². The number of hydrogen-bond donors (Lipinski definition) is 2. The molecule has 1 aromatic carbocycles. The van der Waals surface area contributed by atoms with Gasteiger partial charge >= 0.3 is 0 Å². The van der Waals surface area contributed by atoms with Gasteiger partial charge < -0.3 is 15.4 Å². The first kappa shape index (κ1) is 15.7. The molecule has 0 amide bonds. The first-order chi connectivity index (χ1) is 11.8. The fraction of sp³-hybridized carbons (Fsp3) is 0.167. The lowest BCUT2D eigenvalue weighted by Crippen LogP contribution is -2.05. The van der Waals surface area contributed by atoms with Crippen LogP contribution in [0.3, 0.4) is 0 Å². The number of aromatic nitrogens is 3. The maximum absolute atomic E-state index is 5.62. The Morgan fingerprint density at radius 3 is 2.79 bits per heavy atom. The lowest BCUT2D eigenvalue weighted by atomic mass is 10.3. The molecular weight excluding hydrogens is 302 g/mol. The van der Waals surface area contributed by atoms with Gasteiger partial charge in [0.25, 0.3) is 0 Å². The van der Waals surface area contributed by atoms with Crippen LogP contribution >= 0.6 is 0 Å². The number of ether oxygens (including phenoxy) is 1. The Kier molecular flexibility index (Phi) is 5.19. The molecule has 2 heterocycles. The van der Waals surface area contributed by atoms with Gasteiger partial charge in [-0.2, -0.15) is 4.98 Å². The Bertz CT molecular complexity index is 779. The lowest BCUT2D eigenvalue weighted by Gasteiger charge is -2.12. The van der Waals surface area contributed by atoms with E-state index in [0.717, 1.165) is 17.0 Å². The monoisotopic (exact) mass is 321 g/mol. The van der Waals surface area contributed by atoms with Crippen molar-refractivity contribution in [2.45, 2.75) is 13.5 Å². The van der Waals surface area contributed by atoms with Crippen LogP contribution in [0.5, 0.6) is 5.75 Å². The fourth-order valence-electron chi connectivity index (χ4n) is 2.19. The predicted molar refractivity (Wildman–Crippen MR) is 94.5 cm³/mol. The van der Waals surface area contributed by atoms with Crippen LogP contribution in [-0.2, 0) is 6.54 Å². The number of nitrogens with one attached hydrogen (secondary N) is 2. The molecule has 0 bridgehead atoms. The van der Waals surface area contributed by atoms with E-state index < -0.39 is 0 Å². The highest BCUT2D eigenvalue weighted by atomic mass is 16.5. The number of hydrogen-bond acceptors (Lipinski definition) is 6. The third-order valence-corrected chi connectivity index (χ3v) is 3.28. The summed E-state index contributed by atoms with van der Waals surface area (Å²) >= 11 is 0. The molecule has 122 valence electrons. The zero-order chi connectivity index (χ0) is 16.6. The van der Waals surface area contributed by atoms with E-state index in [1.54, 1.807) is 12.4 Å². The second kappa shape index (κ2) is 7.92. The average molecular weight is 321 g/mol. The number of nitrogens with zero attached hydrogens (tertiary/aromatic N) is 3. The molecule has 0 aliphatic heterocycles. The zero-order valence-electron chi connectivity index (χ0n) is 13.4. The Labute approximate surface area is 141 Å². The van der Waals surface area contributed by atoms with Crippen LogP contribution in [0.4, 0.5) is 17.5 Å². The molecule has 6 heteroatoms. The summed E-state index contributed by atoms with van der Waals surface area (Å²) in [7, 11) is 0. The maximum Gasteiger partial charge on any atom is 0.224 e. The van der Waals surface area contributed by atoms with Crippen molar-refractivity contribution < 1.29 is 4.74 Å². The lowest BCUT2D eigenvalue weighted by molar-refractivity contribution is 0.342. The molecule has 0 saturated carbocycles. The van der Waals surface area contributed by atoms with Crippen molar-refractivity contribution in [3.8, 4) is 5.75 Å². The van der Waals surface area contributed by atoms with Gasteiger partial charge in [0, 0.05) is 25.1 Å². The van der Waals surface area contributed by atoms with Crippen LogP contribution in [0, 0.1) is 0 Å². The van der Waals surface area contributed by atoms with Crippen LogP contribution < -0.4 is 15.4 Å². The first-order valence-electron chi connectivity index (χ1n) is 7.80. The van der Waals surface area contributed by atoms with Crippen LogP contribution in [0.15, 0.2) is 61.1 Å². The molecule has 0 fully saturated rings. The topological polar surface area (TPSA) is 72.0 Å². The molecule has 2 N–H and O–H groups in total. The van der Waals surface area contributed by atoms with Crippen molar-refractivity contribution in [2.75, 3.05) is 17.2 Å². The number of anilines is 3. The minimum Gasteiger partial charge on any atom is -0.492 e.